The Morgan fingerprint density at radius 3 is 2.39 bits per heavy atom. The molecule has 1 heterocycles. The molecule has 1 saturated heterocycles. The maximum Gasteiger partial charge on any atom is 0.0228 e. The van der Waals surface area contributed by atoms with E-state index in [1.165, 1.54) is 30.5 Å². The number of hydrogen-bond donors (Lipinski definition) is 1. The number of nitrogens with zero attached hydrogens (tertiary/aromatic N) is 1. The number of benzene rings is 1. The largest absolute Gasteiger partial charge is 0.252 e. The predicted molar refractivity (Wildman–Crippen MR) is 77.5 cm³/mol. The van der Waals surface area contributed by atoms with Gasteiger partial charge in [-0.3, -0.25) is 5.43 Å². The minimum Gasteiger partial charge on any atom is -0.252 e. The molecule has 0 amide bonds. The molecule has 18 heavy (non-hydrogen) atoms. The molecule has 0 aliphatic carbocycles. The van der Waals surface area contributed by atoms with Crippen LogP contribution in [0.1, 0.15) is 38.3 Å². The smallest absolute Gasteiger partial charge is 0.0228 e. The van der Waals surface area contributed by atoms with Crippen molar-refractivity contribution >= 4 is 0 Å². The maximum absolute atomic E-state index is 3.54. The molecule has 1 aliphatic rings. The van der Waals surface area contributed by atoms with E-state index in [1.54, 1.807) is 0 Å². The van der Waals surface area contributed by atoms with Crippen molar-refractivity contribution in [2.75, 3.05) is 13.1 Å². The maximum atomic E-state index is 3.54. The molecule has 0 spiro atoms. The van der Waals surface area contributed by atoms with Gasteiger partial charge in [0.25, 0.3) is 0 Å². The van der Waals surface area contributed by atoms with Crippen molar-refractivity contribution in [3.63, 3.8) is 0 Å². The molecule has 2 atom stereocenters. The molecule has 0 saturated carbocycles. The summed E-state index contributed by atoms with van der Waals surface area (Å²) >= 11 is 0. The van der Waals surface area contributed by atoms with Gasteiger partial charge in [0.1, 0.15) is 0 Å². The molecule has 0 radical (unpaired) electrons. The third-order valence-corrected chi connectivity index (χ3v) is 4.16. The Bertz CT molecular complexity index is 358. The Labute approximate surface area is 111 Å². The first-order valence-corrected chi connectivity index (χ1v) is 7.31. The number of hydrazine groups is 1. The van der Waals surface area contributed by atoms with Crippen LogP contribution in [0.15, 0.2) is 24.3 Å². The monoisotopic (exact) mass is 246 g/mol. The fourth-order valence-electron chi connectivity index (χ4n) is 2.74. The number of hydrogen-bond acceptors (Lipinski definition) is 2. The van der Waals surface area contributed by atoms with Gasteiger partial charge in [-0.25, -0.2) is 5.01 Å². The van der Waals surface area contributed by atoms with Crippen LogP contribution in [0.3, 0.4) is 0 Å². The van der Waals surface area contributed by atoms with Gasteiger partial charge < -0.3 is 0 Å². The van der Waals surface area contributed by atoms with Gasteiger partial charge in [-0.05, 0) is 43.2 Å². The van der Waals surface area contributed by atoms with E-state index in [4.69, 9.17) is 0 Å². The van der Waals surface area contributed by atoms with E-state index in [9.17, 15) is 0 Å². The lowest BCUT2D eigenvalue weighted by Crippen LogP contribution is -2.34. The summed E-state index contributed by atoms with van der Waals surface area (Å²) < 4.78 is 0. The van der Waals surface area contributed by atoms with E-state index < -0.39 is 0 Å². The Kier molecular flexibility index (Phi) is 4.79. The second kappa shape index (κ2) is 6.35. The van der Waals surface area contributed by atoms with Gasteiger partial charge in [-0.15, -0.1) is 0 Å². The van der Waals surface area contributed by atoms with Gasteiger partial charge in [-0.1, -0.05) is 38.1 Å². The second-order valence-corrected chi connectivity index (χ2v) is 5.43. The van der Waals surface area contributed by atoms with Crippen LogP contribution in [0.25, 0.3) is 0 Å². The third kappa shape index (κ3) is 3.33. The van der Waals surface area contributed by atoms with Crippen LogP contribution in [0.4, 0.5) is 0 Å². The van der Waals surface area contributed by atoms with Gasteiger partial charge in [-0.2, -0.15) is 0 Å². The standard InChI is InChI=1S/C16H26N2/c1-4-14-6-8-15(9-7-14)10-11-16-12-18(5-2)17-13(16)3/h6-9,13,16-17H,4-5,10-12H2,1-3H3. The van der Waals surface area contributed by atoms with Crippen molar-refractivity contribution in [2.24, 2.45) is 5.92 Å². The molecule has 0 bridgehead atoms. The molecule has 2 heteroatoms. The number of nitrogens with one attached hydrogen (secondary N) is 1. The molecule has 1 fully saturated rings. The van der Waals surface area contributed by atoms with Crippen molar-refractivity contribution in [1.29, 1.82) is 0 Å². The van der Waals surface area contributed by atoms with Crippen LogP contribution in [0.5, 0.6) is 0 Å². The van der Waals surface area contributed by atoms with Crippen molar-refractivity contribution < 1.29 is 0 Å². The molecule has 0 aromatic heterocycles. The van der Waals surface area contributed by atoms with Crippen molar-refractivity contribution in [2.45, 2.75) is 46.1 Å². The lowest BCUT2D eigenvalue weighted by atomic mass is 9.94. The van der Waals surface area contributed by atoms with E-state index in [0.717, 1.165) is 18.9 Å². The number of rotatable bonds is 5. The Morgan fingerprint density at radius 2 is 1.83 bits per heavy atom. The quantitative estimate of drug-likeness (QED) is 0.859. The van der Waals surface area contributed by atoms with Gasteiger partial charge in [0, 0.05) is 19.1 Å². The van der Waals surface area contributed by atoms with Crippen molar-refractivity contribution in [1.82, 2.24) is 10.4 Å². The lowest BCUT2D eigenvalue weighted by Gasteiger charge is -2.13. The average Bonchev–Trinajstić information content (AvgIpc) is 2.77. The summed E-state index contributed by atoms with van der Waals surface area (Å²) in [6, 6.07) is 9.75. The van der Waals surface area contributed by atoms with Crippen molar-refractivity contribution in [3.8, 4) is 0 Å². The van der Waals surface area contributed by atoms with Gasteiger partial charge in [0.2, 0.25) is 0 Å². The zero-order valence-corrected chi connectivity index (χ0v) is 11.9. The highest BCUT2D eigenvalue weighted by atomic mass is 15.5. The van der Waals surface area contributed by atoms with Gasteiger partial charge in [0.15, 0.2) is 0 Å². The van der Waals surface area contributed by atoms with E-state index in [2.05, 4.69) is 55.5 Å². The fraction of sp³-hybridized carbons (Fsp3) is 0.625. The predicted octanol–water partition coefficient (Wildman–Crippen LogP) is 3.03. The lowest BCUT2D eigenvalue weighted by molar-refractivity contribution is 0.251. The Hall–Kier alpha value is -0.860. The van der Waals surface area contributed by atoms with Crippen LogP contribution in [0.2, 0.25) is 0 Å². The molecular formula is C16H26N2. The molecular weight excluding hydrogens is 220 g/mol. The normalized spacial score (nSPS) is 24.6. The summed E-state index contributed by atoms with van der Waals surface area (Å²) in [5.41, 5.74) is 6.46. The minimum atomic E-state index is 0.625. The highest BCUT2D eigenvalue weighted by molar-refractivity contribution is 5.22. The summed E-state index contributed by atoms with van der Waals surface area (Å²) in [5, 5.41) is 2.34. The minimum absolute atomic E-state index is 0.625. The summed E-state index contributed by atoms with van der Waals surface area (Å²) in [7, 11) is 0. The van der Waals surface area contributed by atoms with E-state index in [1.807, 2.05) is 0 Å². The molecule has 1 aromatic carbocycles. The zero-order valence-electron chi connectivity index (χ0n) is 11.9. The Morgan fingerprint density at radius 1 is 1.17 bits per heavy atom. The van der Waals surface area contributed by atoms with Crippen LogP contribution < -0.4 is 5.43 Å². The first-order valence-electron chi connectivity index (χ1n) is 7.31. The van der Waals surface area contributed by atoms with E-state index >= 15 is 0 Å². The second-order valence-electron chi connectivity index (χ2n) is 5.43. The molecule has 2 rings (SSSR count). The van der Waals surface area contributed by atoms with Gasteiger partial charge in [0.05, 0.1) is 0 Å². The highest BCUT2D eigenvalue weighted by Crippen LogP contribution is 2.20. The average molecular weight is 246 g/mol. The van der Waals surface area contributed by atoms with Crippen LogP contribution in [0, 0.1) is 5.92 Å². The zero-order chi connectivity index (χ0) is 13.0. The molecule has 1 aliphatic heterocycles. The molecule has 1 aromatic rings. The SMILES string of the molecule is CCc1ccc(CCC2CN(CC)NC2C)cc1. The first-order chi connectivity index (χ1) is 8.72. The van der Waals surface area contributed by atoms with Crippen molar-refractivity contribution in [3.05, 3.63) is 35.4 Å². The summed E-state index contributed by atoms with van der Waals surface area (Å²) in [5.74, 6) is 0.788. The van der Waals surface area contributed by atoms with Gasteiger partial charge >= 0.3 is 0 Å². The fourth-order valence-corrected chi connectivity index (χ4v) is 2.74. The topological polar surface area (TPSA) is 15.3 Å². The summed E-state index contributed by atoms with van der Waals surface area (Å²) in [6.45, 7) is 9.03. The van der Waals surface area contributed by atoms with Crippen LogP contribution in [-0.4, -0.2) is 24.1 Å². The van der Waals surface area contributed by atoms with E-state index in [0.29, 0.717) is 6.04 Å². The Balaban J connectivity index is 1.83. The summed E-state index contributed by atoms with van der Waals surface area (Å²) in [4.78, 5) is 0. The van der Waals surface area contributed by atoms with E-state index in [-0.39, 0.29) is 0 Å². The molecule has 1 N–H and O–H groups in total. The first kappa shape index (κ1) is 13.6. The van der Waals surface area contributed by atoms with Crippen LogP contribution >= 0.6 is 0 Å². The summed E-state index contributed by atoms with van der Waals surface area (Å²) in [6.07, 6.45) is 3.63. The molecule has 2 nitrogen and oxygen atoms in total. The molecule has 100 valence electrons. The van der Waals surface area contributed by atoms with Crippen LogP contribution in [-0.2, 0) is 12.8 Å². The third-order valence-electron chi connectivity index (χ3n) is 4.16. The number of aryl methyl sites for hydroxylation is 2. The molecule has 2 unspecified atom stereocenters. The highest BCUT2D eigenvalue weighted by Gasteiger charge is 2.27.